The van der Waals surface area contributed by atoms with Crippen LogP contribution in [-0.4, -0.2) is 53.5 Å². The lowest BCUT2D eigenvalue weighted by Gasteiger charge is -2.09. The molecule has 2 aliphatic rings. The zero-order chi connectivity index (χ0) is 25.8. The minimum atomic E-state index is 0.696. The van der Waals surface area contributed by atoms with Crippen molar-refractivity contribution in [3.8, 4) is 11.4 Å². The molecule has 5 rings (SSSR count). The second kappa shape index (κ2) is 11.0. The van der Waals surface area contributed by atoms with E-state index < -0.39 is 0 Å². The molecule has 0 radical (unpaired) electrons. The summed E-state index contributed by atoms with van der Waals surface area (Å²) in [4.78, 5) is 10.4. The third-order valence-electron chi connectivity index (χ3n) is 6.91. The molecule has 5 nitrogen and oxygen atoms in total. The number of nitrogens with zero attached hydrogens (tertiary/aromatic N) is 3. The van der Waals surface area contributed by atoms with E-state index in [1.807, 2.05) is 12.3 Å². The van der Waals surface area contributed by atoms with E-state index in [2.05, 4.69) is 108 Å². The van der Waals surface area contributed by atoms with Gasteiger partial charge in [0.2, 0.25) is 0 Å². The van der Waals surface area contributed by atoms with Crippen LogP contribution in [0.4, 0.5) is 0 Å². The molecule has 37 heavy (non-hydrogen) atoms. The summed E-state index contributed by atoms with van der Waals surface area (Å²) >= 11 is 0. The van der Waals surface area contributed by atoms with Crippen LogP contribution in [0.1, 0.15) is 36.1 Å². The zero-order valence-corrected chi connectivity index (χ0v) is 22.0. The molecule has 0 amide bonds. The molecule has 0 atom stereocenters. The van der Waals surface area contributed by atoms with Gasteiger partial charge in [-0.25, -0.2) is 0 Å². The summed E-state index contributed by atoms with van der Waals surface area (Å²) in [5, 5.41) is 9.04. The van der Waals surface area contributed by atoms with Crippen LogP contribution >= 0.6 is 0 Å². The molecule has 1 aliphatic heterocycles. The number of hydrogen-bond acceptors (Lipinski definition) is 3. The first-order valence-electron chi connectivity index (χ1n) is 13.0. The molecule has 3 heterocycles. The number of fused-ring (bicyclic) bond motifs is 1. The number of allylic oxidation sites excluding steroid dienone is 10. The van der Waals surface area contributed by atoms with E-state index in [1.54, 1.807) is 0 Å². The van der Waals surface area contributed by atoms with Crippen LogP contribution in [0.5, 0.6) is 0 Å². The summed E-state index contributed by atoms with van der Waals surface area (Å²) in [7, 11) is 4.24. The highest BCUT2D eigenvalue weighted by atomic mass is 15.1. The Labute approximate surface area is 219 Å². The summed E-state index contributed by atoms with van der Waals surface area (Å²) in [5.41, 5.74) is 11.3. The summed E-state index contributed by atoms with van der Waals surface area (Å²) in [6.07, 6.45) is 20.2. The van der Waals surface area contributed by atoms with Crippen molar-refractivity contribution in [2.75, 3.05) is 27.2 Å². The molecular formula is C32H35N5. The Kier molecular flexibility index (Phi) is 7.33. The van der Waals surface area contributed by atoms with Crippen LogP contribution in [0.3, 0.4) is 0 Å². The predicted octanol–water partition coefficient (Wildman–Crippen LogP) is 7.06. The highest BCUT2D eigenvalue weighted by molar-refractivity contribution is 5.97. The number of aryl methyl sites for hydroxylation is 1. The van der Waals surface area contributed by atoms with Crippen LogP contribution in [0, 0.1) is 6.92 Å². The van der Waals surface area contributed by atoms with E-state index in [0.717, 1.165) is 53.8 Å². The van der Waals surface area contributed by atoms with Gasteiger partial charge in [0.15, 0.2) is 0 Å². The first-order valence-corrected chi connectivity index (χ1v) is 13.0. The number of benzene rings is 1. The predicted molar refractivity (Wildman–Crippen MR) is 158 cm³/mol. The Morgan fingerprint density at radius 3 is 2.86 bits per heavy atom. The van der Waals surface area contributed by atoms with Crippen molar-refractivity contribution in [1.29, 1.82) is 0 Å². The second-order valence-electron chi connectivity index (χ2n) is 9.95. The van der Waals surface area contributed by atoms with Crippen LogP contribution in [0.25, 0.3) is 33.4 Å². The summed E-state index contributed by atoms with van der Waals surface area (Å²) in [6.45, 7) is 7.83. The van der Waals surface area contributed by atoms with E-state index in [-0.39, 0.29) is 0 Å². The first kappa shape index (κ1) is 24.7. The Balaban J connectivity index is 1.48. The molecule has 3 aromatic rings. The molecule has 0 unspecified atom stereocenters. The Hall–Kier alpha value is -3.96. The topological polar surface area (TPSA) is 60.1 Å². The second-order valence-corrected chi connectivity index (χ2v) is 9.95. The van der Waals surface area contributed by atoms with E-state index in [1.165, 1.54) is 33.4 Å². The molecule has 0 fully saturated rings. The SMILES string of the molecule is C=C/C=C(/C1=CCC=C1)c1cc(-c2n[nH]c3ccc(C4=CCN=CC(CCCN(C)C)=C4)cc23)[nH]c1C. The third-order valence-corrected chi connectivity index (χ3v) is 6.91. The standard InChI is InChI=1S/C32H35N5/c1-5-9-27(24-11-6-7-12-24)28-20-31(34-22(28)2)32-29-19-25(13-14-30(29)35-36-32)26-15-16-33-21-23(18-26)10-8-17-37(3)4/h5-6,9,11-15,18-21,34H,1,7-8,10,16-17H2,2-4H3,(H,35,36)/b27-9-. The highest BCUT2D eigenvalue weighted by Gasteiger charge is 2.17. The third kappa shape index (κ3) is 5.42. The maximum atomic E-state index is 4.71. The van der Waals surface area contributed by atoms with Crippen LogP contribution < -0.4 is 0 Å². The van der Waals surface area contributed by atoms with E-state index >= 15 is 0 Å². The van der Waals surface area contributed by atoms with Gasteiger partial charge in [0.25, 0.3) is 0 Å². The molecule has 0 saturated heterocycles. The minimum Gasteiger partial charge on any atom is -0.357 e. The molecule has 2 aromatic heterocycles. The Morgan fingerprint density at radius 1 is 1.19 bits per heavy atom. The van der Waals surface area contributed by atoms with Crippen LogP contribution in [0.15, 0.2) is 89.5 Å². The number of rotatable bonds is 9. The van der Waals surface area contributed by atoms with Crippen LogP contribution in [0.2, 0.25) is 0 Å². The highest BCUT2D eigenvalue weighted by Crippen LogP contribution is 2.35. The van der Waals surface area contributed by atoms with Crippen molar-refractivity contribution in [2.24, 2.45) is 4.99 Å². The molecule has 188 valence electrons. The van der Waals surface area contributed by atoms with Crippen molar-refractivity contribution in [2.45, 2.75) is 26.2 Å². The van der Waals surface area contributed by atoms with Crippen molar-refractivity contribution in [1.82, 2.24) is 20.1 Å². The van der Waals surface area contributed by atoms with Crippen molar-refractivity contribution >= 4 is 28.3 Å². The number of aromatic amines is 2. The molecule has 0 spiro atoms. The quantitative estimate of drug-likeness (QED) is 0.316. The van der Waals surface area contributed by atoms with Gasteiger partial charge in [-0.1, -0.05) is 49.1 Å². The van der Waals surface area contributed by atoms with Gasteiger partial charge in [-0.3, -0.25) is 10.1 Å². The van der Waals surface area contributed by atoms with Crippen LogP contribution in [-0.2, 0) is 0 Å². The molecule has 5 heteroatoms. The van der Waals surface area contributed by atoms with Gasteiger partial charge in [0.05, 0.1) is 17.8 Å². The van der Waals surface area contributed by atoms with Gasteiger partial charge in [-0.05, 0) is 99.0 Å². The molecular weight excluding hydrogens is 454 g/mol. The van der Waals surface area contributed by atoms with Gasteiger partial charge in [-0.2, -0.15) is 5.10 Å². The van der Waals surface area contributed by atoms with Gasteiger partial charge < -0.3 is 9.88 Å². The summed E-state index contributed by atoms with van der Waals surface area (Å²) < 4.78 is 0. The normalized spacial score (nSPS) is 15.8. The minimum absolute atomic E-state index is 0.696. The number of aromatic nitrogens is 3. The van der Waals surface area contributed by atoms with Gasteiger partial charge >= 0.3 is 0 Å². The maximum absolute atomic E-state index is 4.71. The van der Waals surface area contributed by atoms with E-state index in [4.69, 9.17) is 5.10 Å². The number of H-pyrrole nitrogens is 2. The van der Waals surface area contributed by atoms with Gasteiger partial charge in [-0.15, -0.1) is 0 Å². The lowest BCUT2D eigenvalue weighted by Crippen LogP contribution is -2.12. The summed E-state index contributed by atoms with van der Waals surface area (Å²) in [5.74, 6) is 0. The average Bonchev–Trinajstić information content (AvgIpc) is 3.60. The molecule has 2 N–H and O–H groups in total. The van der Waals surface area contributed by atoms with Gasteiger partial charge in [0, 0.05) is 22.9 Å². The zero-order valence-electron chi connectivity index (χ0n) is 22.0. The molecule has 0 bridgehead atoms. The fourth-order valence-corrected chi connectivity index (χ4v) is 5.04. The van der Waals surface area contributed by atoms with Crippen molar-refractivity contribution < 1.29 is 0 Å². The largest absolute Gasteiger partial charge is 0.357 e. The lowest BCUT2D eigenvalue weighted by molar-refractivity contribution is 0.401. The van der Waals surface area contributed by atoms with Gasteiger partial charge in [0.1, 0.15) is 5.69 Å². The fraction of sp³-hybridized carbons (Fsp3) is 0.250. The van der Waals surface area contributed by atoms with E-state index in [0.29, 0.717) is 6.54 Å². The summed E-state index contributed by atoms with van der Waals surface area (Å²) in [6, 6.07) is 8.76. The average molecular weight is 490 g/mol. The molecule has 1 aromatic carbocycles. The molecule has 1 aliphatic carbocycles. The smallest absolute Gasteiger partial charge is 0.116 e. The fourth-order valence-electron chi connectivity index (χ4n) is 5.04. The number of hydrogen-bond donors (Lipinski definition) is 2. The number of nitrogens with one attached hydrogen (secondary N) is 2. The lowest BCUT2D eigenvalue weighted by atomic mass is 9.97. The van der Waals surface area contributed by atoms with Crippen molar-refractivity contribution in [3.63, 3.8) is 0 Å². The maximum Gasteiger partial charge on any atom is 0.116 e. The monoisotopic (exact) mass is 489 g/mol. The first-order chi connectivity index (χ1) is 18.0. The number of aliphatic imine (C=N–C) groups is 1. The van der Waals surface area contributed by atoms with Crippen molar-refractivity contribution in [3.05, 3.63) is 101 Å². The Morgan fingerprint density at radius 2 is 2.08 bits per heavy atom. The molecule has 0 saturated carbocycles. The Bertz CT molecular complexity index is 1500. The van der Waals surface area contributed by atoms with E-state index in [9.17, 15) is 0 Å².